The van der Waals surface area contributed by atoms with Gasteiger partial charge in [0.2, 0.25) is 0 Å². The van der Waals surface area contributed by atoms with Crippen LogP contribution in [0.3, 0.4) is 0 Å². The lowest BCUT2D eigenvalue weighted by Crippen LogP contribution is -2.11. The van der Waals surface area contributed by atoms with Gasteiger partial charge in [-0.05, 0) is 26.0 Å². The summed E-state index contributed by atoms with van der Waals surface area (Å²) in [7, 11) is 0. The van der Waals surface area contributed by atoms with Crippen LogP contribution < -0.4 is 10.5 Å². The molecule has 4 nitrogen and oxygen atoms in total. The first-order valence-electron chi connectivity index (χ1n) is 5.71. The highest BCUT2D eigenvalue weighted by Crippen LogP contribution is 2.24. The first-order chi connectivity index (χ1) is 8.65. The molecule has 0 amide bonds. The molecule has 0 radical (unpaired) electrons. The molecule has 1 heterocycles. The number of para-hydroxylation sites is 2. The fourth-order valence-electron chi connectivity index (χ4n) is 1.80. The number of benzene rings is 1. The predicted octanol–water partition coefficient (Wildman–Crippen LogP) is 2.21. The Labute approximate surface area is 111 Å². The number of nitrogens with zero attached hydrogens (tertiary/aromatic N) is 2. The van der Waals surface area contributed by atoms with Crippen molar-refractivity contribution in [2.45, 2.75) is 13.8 Å². The van der Waals surface area contributed by atoms with Gasteiger partial charge in [-0.25, -0.2) is 4.68 Å². The quantitative estimate of drug-likeness (QED) is 0.857. The summed E-state index contributed by atoms with van der Waals surface area (Å²) >= 11 is 4.99. The van der Waals surface area contributed by atoms with Gasteiger partial charge in [-0.15, -0.1) is 0 Å². The van der Waals surface area contributed by atoms with Crippen molar-refractivity contribution in [3.8, 4) is 11.4 Å². The summed E-state index contributed by atoms with van der Waals surface area (Å²) in [5, 5.41) is 4.32. The number of hydrogen-bond acceptors (Lipinski definition) is 3. The first kappa shape index (κ1) is 12.6. The van der Waals surface area contributed by atoms with E-state index >= 15 is 0 Å². The molecule has 5 heteroatoms. The predicted molar refractivity (Wildman–Crippen MR) is 75.4 cm³/mol. The van der Waals surface area contributed by atoms with E-state index in [0.717, 1.165) is 22.7 Å². The van der Waals surface area contributed by atoms with Gasteiger partial charge >= 0.3 is 0 Å². The zero-order chi connectivity index (χ0) is 13.1. The van der Waals surface area contributed by atoms with Crippen molar-refractivity contribution in [3.05, 3.63) is 41.7 Å². The largest absolute Gasteiger partial charge is 0.492 e. The molecule has 0 bridgehead atoms. The first-order valence-corrected chi connectivity index (χ1v) is 6.12. The highest BCUT2D eigenvalue weighted by Gasteiger charge is 2.12. The van der Waals surface area contributed by atoms with Crippen LogP contribution >= 0.6 is 12.2 Å². The van der Waals surface area contributed by atoms with Gasteiger partial charge in [-0.1, -0.05) is 24.4 Å². The maximum atomic E-state index is 5.65. The van der Waals surface area contributed by atoms with Gasteiger partial charge in [0.1, 0.15) is 16.4 Å². The van der Waals surface area contributed by atoms with Crippen LogP contribution in [0.15, 0.2) is 30.5 Å². The number of ether oxygens (including phenoxy) is 1. The van der Waals surface area contributed by atoms with Crippen molar-refractivity contribution in [3.63, 3.8) is 0 Å². The maximum absolute atomic E-state index is 5.65. The van der Waals surface area contributed by atoms with Gasteiger partial charge < -0.3 is 10.5 Å². The van der Waals surface area contributed by atoms with Crippen LogP contribution in [0.5, 0.6) is 5.75 Å². The SMILES string of the molecule is CCOc1ccccc1-n1ncc(C(N)=S)c1C. The lowest BCUT2D eigenvalue weighted by Gasteiger charge is -2.11. The molecule has 94 valence electrons. The van der Waals surface area contributed by atoms with Crippen molar-refractivity contribution in [2.75, 3.05) is 6.61 Å². The van der Waals surface area contributed by atoms with Gasteiger partial charge in [0.25, 0.3) is 0 Å². The van der Waals surface area contributed by atoms with E-state index in [9.17, 15) is 0 Å². The fraction of sp³-hybridized carbons (Fsp3) is 0.231. The average Bonchev–Trinajstić information content (AvgIpc) is 2.72. The second-order valence-electron chi connectivity index (χ2n) is 3.82. The van der Waals surface area contributed by atoms with Crippen LogP contribution in [0.2, 0.25) is 0 Å². The van der Waals surface area contributed by atoms with Crippen LogP contribution in [0.25, 0.3) is 5.69 Å². The van der Waals surface area contributed by atoms with Crippen molar-refractivity contribution >= 4 is 17.2 Å². The van der Waals surface area contributed by atoms with Gasteiger partial charge in [0, 0.05) is 0 Å². The topological polar surface area (TPSA) is 53.1 Å². The Bertz CT molecular complexity index is 577. The molecule has 0 unspecified atom stereocenters. The molecule has 1 aromatic heterocycles. The molecule has 0 saturated heterocycles. The zero-order valence-corrected chi connectivity index (χ0v) is 11.2. The van der Waals surface area contributed by atoms with Crippen molar-refractivity contribution in [1.82, 2.24) is 9.78 Å². The molecule has 0 atom stereocenters. The molecule has 0 saturated carbocycles. The molecule has 2 aromatic rings. The molecular weight excluding hydrogens is 246 g/mol. The van der Waals surface area contributed by atoms with Crippen LogP contribution in [0, 0.1) is 6.92 Å². The van der Waals surface area contributed by atoms with Crippen LogP contribution in [0.1, 0.15) is 18.2 Å². The Morgan fingerprint density at radius 1 is 1.44 bits per heavy atom. The Hall–Kier alpha value is -1.88. The molecule has 0 aliphatic heterocycles. The van der Waals surface area contributed by atoms with Crippen molar-refractivity contribution in [1.29, 1.82) is 0 Å². The standard InChI is InChI=1S/C13H15N3OS/c1-3-17-12-7-5-4-6-11(12)16-9(2)10(8-15-16)13(14)18/h4-8H,3H2,1-2H3,(H2,14,18). The fourth-order valence-corrected chi connectivity index (χ4v) is 2.00. The van der Waals surface area contributed by atoms with E-state index in [2.05, 4.69) is 5.10 Å². The van der Waals surface area contributed by atoms with Gasteiger partial charge in [-0.2, -0.15) is 5.10 Å². The Kier molecular flexibility index (Phi) is 3.62. The number of thiocarbonyl (C=S) groups is 1. The van der Waals surface area contributed by atoms with E-state index in [0.29, 0.717) is 11.6 Å². The third-order valence-corrected chi connectivity index (χ3v) is 2.89. The highest BCUT2D eigenvalue weighted by atomic mass is 32.1. The third kappa shape index (κ3) is 2.22. The Morgan fingerprint density at radius 3 is 2.78 bits per heavy atom. The maximum Gasteiger partial charge on any atom is 0.144 e. The number of nitrogens with two attached hydrogens (primary N) is 1. The van der Waals surface area contributed by atoms with E-state index in [1.54, 1.807) is 10.9 Å². The molecule has 1 aromatic carbocycles. The lowest BCUT2D eigenvalue weighted by molar-refractivity contribution is 0.338. The smallest absolute Gasteiger partial charge is 0.144 e. The molecule has 0 fully saturated rings. The van der Waals surface area contributed by atoms with Gasteiger partial charge in [-0.3, -0.25) is 0 Å². The van der Waals surface area contributed by atoms with Gasteiger partial charge in [0.15, 0.2) is 0 Å². The van der Waals surface area contributed by atoms with E-state index in [4.69, 9.17) is 22.7 Å². The zero-order valence-electron chi connectivity index (χ0n) is 10.4. The summed E-state index contributed by atoms with van der Waals surface area (Å²) < 4.78 is 7.38. The van der Waals surface area contributed by atoms with E-state index < -0.39 is 0 Å². The van der Waals surface area contributed by atoms with Crippen molar-refractivity contribution in [2.24, 2.45) is 5.73 Å². The summed E-state index contributed by atoms with van der Waals surface area (Å²) in [4.78, 5) is 0.354. The minimum absolute atomic E-state index is 0.354. The molecule has 2 rings (SSSR count). The van der Waals surface area contributed by atoms with Crippen molar-refractivity contribution < 1.29 is 4.74 Å². The monoisotopic (exact) mass is 261 g/mol. The van der Waals surface area contributed by atoms with Crippen LogP contribution in [-0.2, 0) is 0 Å². The van der Waals surface area contributed by atoms with Crippen LogP contribution in [0.4, 0.5) is 0 Å². The Morgan fingerprint density at radius 2 is 2.17 bits per heavy atom. The van der Waals surface area contributed by atoms with E-state index in [-0.39, 0.29) is 0 Å². The Balaban J connectivity index is 2.52. The minimum atomic E-state index is 0.354. The number of hydrogen-bond donors (Lipinski definition) is 1. The summed E-state index contributed by atoms with van der Waals surface area (Å²) in [5.74, 6) is 0.792. The van der Waals surface area contributed by atoms with Crippen LogP contribution in [-0.4, -0.2) is 21.4 Å². The average molecular weight is 261 g/mol. The second-order valence-corrected chi connectivity index (χ2v) is 4.26. The summed E-state index contributed by atoms with van der Waals surface area (Å²) in [6, 6.07) is 7.75. The minimum Gasteiger partial charge on any atom is -0.492 e. The molecule has 0 aliphatic rings. The summed E-state index contributed by atoms with van der Waals surface area (Å²) in [5.41, 5.74) is 8.24. The number of rotatable bonds is 4. The molecule has 2 N–H and O–H groups in total. The van der Waals surface area contributed by atoms with E-state index in [1.807, 2.05) is 38.1 Å². The second kappa shape index (κ2) is 5.18. The normalized spacial score (nSPS) is 10.3. The molecule has 0 spiro atoms. The lowest BCUT2D eigenvalue weighted by atomic mass is 10.2. The number of aromatic nitrogens is 2. The summed E-state index contributed by atoms with van der Waals surface area (Å²) in [6.45, 7) is 4.50. The van der Waals surface area contributed by atoms with Gasteiger partial charge in [0.05, 0.1) is 24.1 Å². The van der Waals surface area contributed by atoms with E-state index in [1.165, 1.54) is 0 Å². The third-order valence-electron chi connectivity index (χ3n) is 2.67. The molecule has 0 aliphatic carbocycles. The summed E-state index contributed by atoms with van der Waals surface area (Å²) in [6.07, 6.45) is 1.68. The highest BCUT2D eigenvalue weighted by molar-refractivity contribution is 7.80. The molecule has 18 heavy (non-hydrogen) atoms. The molecular formula is C13H15N3OS.